The van der Waals surface area contributed by atoms with E-state index in [-0.39, 0.29) is 18.2 Å². The fourth-order valence-electron chi connectivity index (χ4n) is 4.70. The van der Waals surface area contributed by atoms with Gasteiger partial charge < -0.3 is 15.1 Å². The summed E-state index contributed by atoms with van der Waals surface area (Å²) >= 11 is 5.95. The fraction of sp³-hybridized carbons (Fsp3) is 0.333. The number of hydrogen-bond acceptors (Lipinski definition) is 5. The maximum absolute atomic E-state index is 12.9. The van der Waals surface area contributed by atoms with Gasteiger partial charge in [-0.1, -0.05) is 36.6 Å². The first-order chi connectivity index (χ1) is 17.1. The number of anilines is 3. The van der Waals surface area contributed by atoms with Crippen LogP contribution < -0.4 is 15.1 Å². The van der Waals surface area contributed by atoms with Gasteiger partial charge in [-0.25, -0.2) is 0 Å². The van der Waals surface area contributed by atoms with E-state index in [0.29, 0.717) is 17.3 Å². The van der Waals surface area contributed by atoms with E-state index in [1.165, 1.54) is 25.7 Å². The Labute approximate surface area is 210 Å². The highest BCUT2D eigenvalue weighted by Crippen LogP contribution is 2.28. The molecule has 0 saturated carbocycles. The van der Waals surface area contributed by atoms with Crippen LogP contribution in [0.15, 0.2) is 60.7 Å². The lowest BCUT2D eigenvalue weighted by atomic mass is 10.1. The highest BCUT2D eigenvalue weighted by atomic mass is 35.5. The van der Waals surface area contributed by atoms with Gasteiger partial charge in [-0.2, -0.15) is 0 Å². The topological polar surface area (TPSA) is 78.4 Å². The van der Waals surface area contributed by atoms with Crippen LogP contribution in [0.3, 0.4) is 0 Å². The summed E-state index contributed by atoms with van der Waals surface area (Å²) in [6.07, 6.45) is 5.10. The summed E-state index contributed by atoms with van der Waals surface area (Å²) in [4.78, 5) is 29.4. The van der Waals surface area contributed by atoms with Crippen molar-refractivity contribution in [2.75, 3.05) is 34.8 Å². The second kappa shape index (κ2) is 10.4. The van der Waals surface area contributed by atoms with Crippen LogP contribution >= 0.6 is 11.6 Å². The molecule has 1 aromatic heterocycles. The number of halogens is 1. The van der Waals surface area contributed by atoms with Crippen LogP contribution in [0.25, 0.3) is 11.3 Å². The second-order valence-electron chi connectivity index (χ2n) is 9.13. The lowest BCUT2D eigenvalue weighted by Crippen LogP contribution is -2.28. The summed E-state index contributed by atoms with van der Waals surface area (Å²) in [7, 11) is 0. The van der Waals surface area contributed by atoms with Crippen molar-refractivity contribution in [2.45, 2.75) is 32.1 Å². The van der Waals surface area contributed by atoms with Crippen molar-refractivity contribution in [3.05, 3.63) is 65.7 Å². The molecule has 0 aliphatic carbocycles. The molecular weight excluding hydrogens is 462 g/mol. The van der Waals surface area contributed by atoms with Gasteiger partial charge in [0.05, 0.1) is 11.6 Å². The van der Waals surface area contributed by atoms with Gasteiger partial charge in [-0.05, 0) is 61.4 Å². The number of benzene rings is 2. The molecule has 0 radical (unpaired) electrons. The Kier molecular flexibility index (Phi) is 6.95. The summed E-state index contributed by atoms with van der Waals surface area (Å²) in [5, 5.41) is 12.5. The predicted octanol–water partition coefficient (Wildman–Crippen LogP) is 5.17. The van der Waals surface area contributed by atoms with E-state index in [0.717, 1.165) is 35.9 Å². The smallest absolute Gasteiger partial charge is 0.229 e. The lowest BCUT2D eigenvalue weighted by Gasteiger charge is -2.20. The van der Waals surface area contributed by atoms with E-state index in [9.17, 15) is 9.59 Å². The zero-order valence-corrected chi connectivity index (χ0v) is 20.2. The Morgan fingerprint density at radius 1 is 0.943 bits per heavy atom. The maximum atomic E-state index is 12.9. The molecule has 7 nitrogen and oxygen atoms in total. The average Bonchev–Trinajstić information content (AvgIpc) is 3.08. The van der Waals surface area contributed by atoms with Crippen LogP contribution in [-0.4, -0.2) is 41.6 Å². The van der Waals surface area contributed by atoms with Crippen LogP contribution in [0.1, 0.15) is 32.1 Å². The molecule has 0 spiro atoms. The predicted molar refractivity (Wildman–Crippen MR) is 139 cm³/mol. The third-order valence-corrected chi connectivity index (χ3v) is 6.89. The van der Waals surface area contributed by atoms with E-state index in [1.54, 1.807) is 29.2 Å². The minimum Gasteiger partial charge on any atom is -0.355 e. The highest BCUT2D eigenvalue weighted by molar-refractivity contribution is 6.30. The first-order valence-electron chi connectivity index (χ1n) is 12.1. The molecule has 1 N–H and O–H groups in total. The summed E-state index contributed by atoms with van der Waals surface area (Å²) in [5.41, 5.74) is 3.05. The third kappa shape index (κ3) is 5.46. The van der Waals surface area contributed by atoms with Crippen molar-refractivity contribution in [3.8, 4) is 11.3 Å². The average molecular weight is 490 g/mol. The Balaban J connectivity index is 1.24. The van der Waals surface area contributed by atoms with Crippen molar-refractivity contribution >= 4 is 40.6 Å². The van der Waals surface area contributed by atoms with Crippen molar-refractivity contribution in [3.63, 3.8) is 0 Å². The van der Waals surface area contributed by atoms with Crippen molar-refractivity contribution in [1.29, 1.82) is 0 Å². The first kappa shape index (κ1) is 23.3. The molecule has 180 valence electrons. The van der Waals surface area contributed by atoms with Crippen molar-refractivity contribution in [1.82, 2.24) is 10.2 Å². The Bertz CT molecular complexity index is 1190. The molecule has 3 heterocycles. The quantitative estimate of drug-likeness (QED) is 0.535. The number of nitrogens with zero attached hydrogens (tertiary/aromatic N) is 4. The molecule has 35 heavy (non-hydrogen) atoms. The Morgan fingerprint density at radius 2 is 1.71 bits per heavy atom. The van der Waals surface area contributed by atoms with Gasteiger partial charge in [0.2, 0.25) is 11.8 Å². The van der Waals surface area contributed by atoms with Crippen LogP contribution in [0, 0.1) is 5.92 Å². The summed E-state index contributed by atoms with van der Waals surface area (Å²) in [6.45, 7) is 2.39. The molecule has 2 amide bonds. The fourth-order valence-corrected chi connectivity index (χ4v) is 4.83. The van der Waals surface area contributed by atoms with Gasteiger partial charge in [0, 0.05) is 48.0 Å². The summed E-state index contributed by atoms with van der Waals surface area (Å²) in [6, 6.07) is 18.6. The molecule has 1 unspecified atom stereocenters. The monoisotopic (exact) mass is 489 g/mol. The van der Waals surface area contributed by atoms with E-state index in [1.807, 2.05) is 36.4 Å². The molecule has 1 atom stereocenters. The zero-order valence-electron chi connectivity index (χ0n) is 19.5. The number of hydrogen-bond donors (Lipinski definition) is 1. The van der Waals surface area contributed by atoms with Crippen LogP contribution in [0.5, 0.6) is 0 Å². The standard InChI is InChI=1S/C27H28ClN5O2/c28-21-8-10-23(11-9-21)33-18-20(17-26(33)34)27(35)29-22-7-5-6-19(16-22)24-12-13-25(31-30-24)32-14-3-1-2-4-15-32/h5-13,16,20H,1-4,14-15,17-18H2,(H,29,35). The molecular formula is C27H28ClN5O2. The minimum atomic E-state index is -0.422. The van der Waals surface area contributed by atoms with E-state index in [4.69, 9.17) is 11.6 Å². The highest BCUT2D eigenvalue weighted by Gasteiger charge is 2.35. The van der Waals surface area contributed by atoms with E-state index >= 15 is 0 Å². The second-order valence-corrected chi connectivity index (χ2v) is 9.57. The normalized spacial score (nSPS) is 18.4. The molecule has 3 aromatic rings. The molecule has 8 heteroatoms. The SMILES string of the molecule is O=C(Nc1cccc(-c2ccc(N3CCCCCC3)nn2)c1)C1CC(=O)N(c2ccc(Cl)cc2)C1. The van der Waals surface area contributed by atoms with Crippen molar-refractivity contribution in [2.24, 2.45) is 5.92 Å². The lowest BCUT2D eigenvalue weighted by molar-refractivity contribution is -0.122. The third-order valence-electron chi connectivity index (χ3n) is 6.64. The largest absolute Gasteiger partial charge is 0.355 e. The minimum absolute atomic E-state index is 0.0685. The number of rotatable bonds is 5. The Hall–Kier alpha value is -3.45. The van der Waals surface area contributed by atoms with Crippen molar-refractivity contribution < 1.29 is 9.59 Å². The molecule has 0 bridgehead atoms. The van der Waals surface area contributed by atoms with Crippen LogP contribution in [-0.2, 0) is 9.59 Å². The molecule has 2 fully saturated rings. The maximum Gasteiger partial charge on any atom is 0.229 e. The van der Waals surface area contributed by atoms with Gasteiger partial charge in [-0.3, -0.25) is 9.59 Å². The van der Waals surface area contributed by atoms with Gasteiger partial charge in [-0.15, -0.1) is 10.2 Å². The van der Waals surface area contributed by atoms with Gasteiger partial charge in [0.15, 0.2) is 5.82 Å². The van der Waals surface area contributed by atoms with Gasteiger partial charge in [0.25, 0.3) is 0 Å². The van der Waals surface area contributed by atoms with Gasteiger partial charge in [0.1, 0.15) is 0 Å². The number of carbonyl (C=O) groups is 2. The summed E-state index contributed by atoms with van der Waals surface area (Å²) in [5.74, 6) is 0.251. The van der Waals surface area contributed by atoms with Crippen LogP contribution in [0.4, 0.5) is 17.2 Å². The van der Waals surface area contributed by atoms with Gasteiger partial charge >= 0.3 is 0 Å². The number of amides is 2. The number of nitrogens with one attached hydrogen (secondary N) is 1. The molecule has 2 saturated heterocycles. The first-order valence-corrected chi connectivity index (χ1v) is 12.5. The Morgan fingerprint density at radius 3 is 2.43 bits per heavy atom. The molecule has 2 aromatic carbocycles. The van der Waals surface area contributed by atoms with E-state index in [2.05, 4.69) is 20.4 Å². The number of aromatic nitrogens is 2. The zero-order chi connectivity index (χ0) is 24.2. The van der Waals surface area contributed by atoms with E-state index < -0.39 is 5.92 Å². The molecule has 2 aliphatic rings. The summed E-state index contributed by atoms with van der Waals surface area (Å²) < 4.78 is 0. The molecule has 2 aliphatic heterocycles. The number of carbonyl (C=O) groups excluding carboxylic acids is 2. The van der Waals surface area contributed by atoms with Crippen LogP contribution in [0.2, 0.25) is 5.02 Å². The molecule has 5 rings (SSSR count).